The molecule has 0 unspecified atom stereocenters. The van der Waals surface area contributed by atoms with E-state index < -0.39 is 10.1 Å². The number of rotatable bonds is 20. The summed E-state index contributed by atoms with van der Waals surface area (Å²) >= 11 is 0. The van der Waals surface area contributed by atoms with E-state index >= 15 is 0 Å². The third-order valence-corrected chi connectivity index (χ3v) is 7.26. The molecule has 0 N–H and O–H groups in total. The predicted octanol–water partition coefficient (Wildman–Crippen LogP) is 6.97. The van der Waals surface area contributed by atoms with Crippen LogP contribution in [0.1, 0.15) is 108 Å². The van der Waals surface area contributed by atoms with Crippen molar-refractivity contribution in [1.29, 1.82) is 0 Å². The van der Waals surface area contributed by atoms with E-state index in [1.165, 1.54) is 95.6 Å². The summed E-state index contributed by atoms with van der Waals surface area (Å²) in [6.07, 6.45) is 29.2. The Bertz CT molecular complexity index is 933. The summed E-state index contributed by atoms with van der Waals surface area (Å²) in [6.45, 7) is 3.50. The Morgan fingerprint density at radius 2 is 1.34 bits per heavy atom. The van der Waals surface area contributed by atoms with Crippen molar-refractivity contribution >= 4 is 22.3 Å². The molecule has 2 rings (SSSR count). The molecule has 5 nitrogen and oxygen atoms in total. The standard InChI is InChI=1S/C29H46N2O3S/c1-2-3-4-5-6-7-8-9-10-11-12-13-14-15-22-31-23-16-17-29(31)19-18-28-20-24-30(25-21-28)26-27-35(32,33)34/h16-21,23-25H,2-15,22,26-27H2,1H3. The maximum atomic E-state index is 10.8. The molecule has 0 aromatic carbocycles. The molecular formula is C29H46N2O3S. The Kier molecular flexibility index (Phi) is 14.7. The number of aromatic nitrogens is 2. The Hall–Kier alpha value is -1.92. The van der Waals surface area contributed by atoms with Crippen LogP contribution < -0.4 is 4.57 Å². The first-order valence-electron chi connectivity index (χ1n) is 13.7. The lowest BCUT2D eigenvalue weighted by atomic mass is 10.0. The summed E-state index contributed by atoms with van der Waals surface area (Å²) in [7, 11) is -4.19. The lowest BCUT2D eigenvalue weighted by Gasteiger charge is -2.07. The Balaban J connectivity index is 1.56. The molecule has 0 saturated carbocycles. The van der Waals surface area contributed by atoms with Gasteiger partial charge in [0.05, 0.1) is 5.75 Å². The fourth-order valence-electron chi connectivity index (χ4n) is 4.39. The highest BCUT2D eigenvalue weighted by Gasteiger charge is 2.04. The van der Waals surface area contributed by atoms with Crippen LogP contribution in [0.4, 0.5) is 0 Å². The SMILES string of the molecule is CCCCCCCCCCCCCCCCn1cccc1/C=C/c1cc[n+](CCS(=O)(=O)[O-])cc1. The first-order valence-corrected chi connectivity index (χ1v) is 15.3. The zero-order valence-corrected chi connectivity index (χ0v) is 22.6. The van der Waals surface area contributed by atoms with E-state index in [0.717, 1.165) is 12.1 Å². The van der Waals surface area contributed by atoms with Crippen molar-refractivity contribution in [1.82, 2.24) is 4.57 Å². The molecule has 35 heavy (non-hydrogen) atoms. The van der Waals surface area contributed by atoms with Gasteiger partial charge >= 0.3 is 0 Å². The molecule has 2 aromatic rings. The molecule has 2 heterocycles. The first kappa shape index (κ1) is 29.3. The van der Waals surface area contributed by atoms with Gasteiger partial charge in [0.25, 0.3) is 0 Å². The van der Waals surface area contributed by atoms with Crippen LogP contribution in [-0.2, 0) is 23.2 Å². The number of aryl methyl sites for hydroxylation is 2. The van der Waals surface area contributed by atoms with Crippen LogP contribution in [-0.4, -0.2) is 23.3 Å². The third kappa shape index (κ3) is 14.3. The van der Waals surface area contributed by atoms with Crippen molar-refractivity contribution in [2.75, 3.05) is 5.75 Å². The molecule has 2 aromatic heterocycles. The average Bonchev–Trinajstić information content (AvgIpc) is 3.29. The molecule has 0 atom stereocenters. The largest absolute Gasteiger partial charge is 0.748 e. The monoisotopic (exact) mass is 502 g/mol. The molecule has 0 spiro atoms. The highest BCUT2D eigenvalue weighted by Crippen LogP contribution is 2.14. The van der Waals surface area contributed by atoms with Crippen LogP contribution in [0.15, 0.2) is 42.9 Å². The summed E-state index contributed by atoms with van der Waals surface area (Å²) in [5.41, 5.74) is 2.23. The van der Waals surface area contributed by atoms with E-state index in [9.17, 15) is 13.0 Å². The molecule has 0 aliphatic carbocycles. The Morgan fingerprint density at radius 3 is 1.89 bits per heavy atom. The van der Waals surface area contributed by atoms with Gasteiger partial charge in [-0.15, -0.1) is 0 Å². The second-order valence-electron chi connectivity index (χ2n) is 9.69. The number of nitrogens with zero attached hydrogens (tertiary/aromatic N) is 2. The van der Waals surface area contributed by atoms with Gasteiger partial charge in [-0.1, -0.05) is 96.5 Å². The fourth-order valence-corrected chi connectivity index (χ4v) is 4.82. The zero-order chi connectivity index (χ0) is 25.2. The number of unbranched alkanes of at least 4 members (excludes halogenated alkanes) is 13. The summed E-state index contributed by atoms with van der Waals surface area (Å²) in [6, 6.07) is 8.07. The van der Waals surface area contributed by atoms with Gasteiger partial charge < -0.3 is 9.12 Å². The minimum absolute atomic E-state index is 0.178. The quantitative estimate of drug-likeness (QED) is 0.111. The lowest BCUT2D eigenvalue weighted by Crippen LogP contribution is -2.36. The molecule has 0 saturated heterocycles. The van der Waals surface area contributed by atoms with Crippen molar-refractivity contribution in [3.05, 3.63) is 54.1 Å². The van der Waals surface area contributed by atoms with Crippen molar-refractivity contribution < 1.29 is 17.5 Å². The van der Waals surface area contributed by atoms with Crippen molar-refractivity contribution in [3.8, 4) is 0 Å². The fraction of sp³-hybridized carbons (Fsp3) is 0.621. The number of pyridine rings is 1. The molecular weight excluding hydrogens is 456 g/mol. The molecule has 0 aliphatic heterocycles. The van der Waals surface area contributed by atoms with Crippen LogP contribution in [0.5, 0.6) is 0 Å². The van der Waals surface area contributed by atoms with Gasteiger partial charge in [-0.25, -0.2) is 13.0 Å². The van der Waals surface area contributed by atoms with Gasteiger partial charge in [-0.2, -0.15) is 0 Å². The topological polar surface area (TPSA) is 66.0 Å². The molecule has 0 aliphatic rings. The van der Waals surface area contributed by atoms with Crippen LogP contribution in [0.3, 0.4) is 0 Å². The Labute approximate surface area is 214 Å². The molecule has 0 bridgehead atoms. The van der Waals surface area contributed by atoms with Crippen molar-refractivity contribution in [2.45, 2.75) is 110 Å². The number of hydrogen-bond acceptors (Lipinski definition) is 3. The summed E-state index contributed by atoms with van der Waals surface area (Å²) in [5.74, 6) is -0.389. The highest BCUT2D eigenvalue weighted by molar-refractivity contribution is 7.85. The van der Waals surface area contributed by atoms with Crippen LogP contribution in [0, 0.1) is 0 Å². The van der Waals surface area contributed by atoms with Gasteiger partial charge in [0.2, 0.25) is 0 Å². The third-order valence-electron chi connectivity index (χ3n) is 6.58. The highest BCUT2D eigenvalue weighted by atomic mass is 32.2. The maximum absolute atomic E-state index is 10.8. The van der Waals surface area contributed by atoms with Gasteiger partial charge in [-0.05, 0) is 30.2 Å². The Morgan fingerprint density at radius 1 is 0.800 bits per heavy atom. The summed E-state index contributed by atoms with van der Waals surface area (Å²) in [4.78, 5) is 0. The first-order chi connectivity index (χ1) is 17.0. The molecule has 0 fully saturated rings. The van der Waals surface area contributed by atoms with E-state index in [0.29, 0.717) is 0 Å². The van der Waals surface area contributed by atoms with E-state index in [-0.39, 0.29) is 12.3 Å². The van der Waals surface area contributed by atoms with Crippen LogP contribution in [0.25, 0.3) is 12.2 Å². The van der Waals surface area contributed by atoms with Gasteiger partial charge in [0, 0.05) is 30.6 Å². The average molecular weight is 503 g/mol. The predicted molar refractivity (Wildman–Crippen MR) is 145 cm³/mol. The number of hydrogen-bond donors (Lipinski definition) is 0. The zero-order valence-electron chi connectivity index (χ0n) is 21.7. The second kappa shape index (κ2) is 17.5. The van der Waals surface area contributed by atoms with E-state index in [2.05, 4.69) is 42.0 Å². The minimum atomic E-state index is -4.19. The van der Waals surface area contributed by atoms with Crippen LogP contribution >= 0.6 is 0 Å². The summed E-state index contributed by atoms with van der Waals surface area (Å²) < 4.78 is 36.3. The lowest BCUT2D eigenvalue weighted by molar-refractivity contribution is -0.692. The maximum Gasteiger partial charge on any atom is 0.169 e. The molecule has 0 radical (unpaired) electrons. The minimum Gasteiger partial charge on any atom is -0.748 e. The second-order valence-corrected chi connectivity index (χ2v) is 11.2. The van der Waals surface area contributed by atoms with Gasteiger partial charge in [0.15, 0.2) is 18.9 Å². The molecule has 196 valence electrons. The van der Waals surface area contributed by atoms with Gasteiger partial charge in [-0.3, -0.25) is 0 Å². The smallest absolute Gasteiger partial charge is 0.169 e. The van der Waals surface area contributed by atoms with Crippen molar-refractivity contribution in [3.63, 3.8) is 0 Å². The van der Waals surface area contributed by atoms with E-state index in [1.54, 1.807) is 17.0 Å². The molecule has 6 heteroatoms. The van der Waals surface area contributed by atoms with Crippen LogP contribution in [0.2, 0.25) is 0 Å². The molecule has 0 amide bonds. The van der Waals surface area contributed by atoms with Crippen molar-refractivity contribution in [2.24, 2.45) is 0 Å². The van der Waals surface area contributed by atoms with Gasteiger partial charge in [0.1, 0.15) is 10.1 Å². The van der Waals surface area contributed by atoms with E-state index in [4.69, 9.17) is 0 Å². The normalized spacial score (nSPS) is 12.1. The summed E-state index contributed by atoms with van der Waals surface area (Å²) in [5, 5.41) is 0. The van der Waals surface area contributed by atoms with E-state index in [1.807, 2.05) is 12.1 Å².